The Kier molecular flexibility index (Phi) is 3.97. The third-order valence-electron chi connectivity index (χ3n) is 2.01. The molecule has 5 heteroatoms. The first kappa shape index (κ1) is 10.6. The number of aromatic amines is 1. The highest BCUT2D eigenvalue weighted by atomic mass is 16.2. The highest BCUT2D eigenvalue weighted by molar-refractivity contribution is 5.73. The molecule has 0 fully saturated rings. The number of urea groups is 1. The van der Waals surface area contributed by atoms with Gasteiger partial charge < -0.3 is 15.2 Å². The first-order chi connectivity index (χ1) is 6.74. The van der Waals surface area contributed by atoms with E-state index >= 15 is 0 Å². The molecule has 0 unspecified atom stereocenters. The van der Waals surface area contributed by atoms with Crippen LogP contribution in [0.5, 0.6) is 0 Å². The van der Waals surface area contributed by atoms with Crippen LogP contribution >= 0.6 is 0 Å². The smallest absolute Gasteiger partial charge is 0.317 e. The monoisotopic (exact) mass is 196 g/mol. The molecule has 2 amide bonds. The fourth-order valence-corrected chi connectivity index (χ4v) is 1.00. The molecule has 0 aliphatic rings. The first-order valence-electron chi connectivity index (χ1n) is 4.71. The summed E-state index contributed by atoms with van der Waals surface area (Å²) in [4.78, 5) is 19.9. The van der Waals surface area contributed by atoms with Crippen LogP contribution in [0.15, 0.2) is 12.4 Å². The van der Waals surface area contributed by atoms with Gasteiger partial charge in [0.25, 0.3) is 0 Å². The predicted octanol–water partition coefficient (Wildman–Crippen LogP) is 0.613. The van der Waals surface area contributed by atoms with E-state index in [-0.39, 0.29) is 6.03 Å². The average Bonchev–Trinajstić information content (AvgIpc) is 2.69. The van der Waals surface area contributed by atoms with Gasteiger partial charge in [0.15, 0.2) is 0 Å². The quantitative estimate of drug-likeness (QED) is 0.741. The van der Waals surface area contributed by atoms with Crippen molar-refractivity contribution >= 4 is 6.03 Å². The van der Waals surface area contributed by atoms with Crippen molar-refractivity contribution in [2.24, 2.45) is 0 Å². The van der Waals surface area contributed by atoms with Crippen molar-refractivity contribution in [2.45, 2.75) is 13.3 Å². The molecule has 0 bridgehead atoms. The van der Waals surface area contributed by atoms with Crippen LogP contribution in [0, 0.1) is 0 Å². The molecule has 1 aromatic rings. The number of hydrogen-bond acceptors (Lipinski definition) is 2. The predicted molar refractivity (Wildman–Crippen MR) is 54.0 cm³/mol. The molecule has 0 spiro atoms. The summed E-state index contributed by atoms with van der Waals surface area (Å²) in [5, 5.41) is 2.80. The molecular weight excluding hydrogens is 180 g/mol. The van der Waals surface area contributed by atoms with E-state index in [2.05, 4.69) is 15.3 Å². The highest BCUT2D eigenvalue weighted by Gasteiger charge is 2.04. The van der Waals surface area contributed by atoms with Gasteiger partial charge in [0.2, 0.25) is 0 Å². The zero-order valence-electron chi connectivity index (χ0n) is 8.58. The van der Waals surface area contributed by atoms with E-state index in [1.807, 2.05) is 6.92 Å². The van der Waals surface area contributed by atoms with Gasteiger partial charge in [-0.1, -0.05) is 0 Å². The number of H-pyrrole nitrogens is 1. The topological polar surface area (TPSA) is 61.0 Å². The number of carbonyl (C=O) groups excluding carboxylic acids is 1. The van der Waals surface area contributed by atoms with Gasteiger partial charge in [0.05, 0.1) is 0 Å². The van der Waals surface area contributed by atoms with Crippen LogP contribution in [-0.2, 0) is 6.42 Å². The Bertz CT molecular complexity index is 270. The fraction of sp³-hybridized carbons (Fsp3) is 0.556. The third kappa shape index (κ3) is 3.08. The minimum Gasteiger partial charge on any atom is -0.349 e. The summed E-state index contributed by atoms with van der Waals surface area (Å²) in [7, 11) is 1.77. The molecule has 0 radical (unpaired) electrons. The SMILES string of the molecule is CCN(C)C(=O)NCCc1ncc[nH]1. The number of imidazole rings is 1. The van der Waals surface area contributed by atoms with Gasteiger partial charge in [-0.15, -0.1) is 0 Å². The van der Waals surface area contributed by atoms with Gasteiger partial charge in [0.1, 0.15) is 5.82 Å². The molecule has 0 aliphatic carbocycles. The molecule has 14 heavy (non-hydrogen) atoms. The van der Waals surface area contributed by atoms with Crippen molar-refractivity contribution in [2.75, 3.05) is 20.1 Å². The molecular formula is C9H16N4O. The van der Waals surface area contributed by atoms with E-state index in [0.717, 1.165) is 12.2 Å². The molecule has 1 aromatic heterocycles. The lowest BCUT2D eigenvalue weighted by Crippen LogP contribution is -2.38. The minimum atomic E-state index is -0.0425. The first-order valence-corrected chi connectivity index (χ1v) is 4.71. The van der Waals surface area contributed by atoms with Gasteiger partial charge in [-0.05, 0) is 6.92 Å². The maximum absolute atomic E-state index is 11.3. The Hall–Kier alpha value is -1.52. The number of aromatic nitrogens is 2. The Morgan fingerprint density at radius 2 is 2.50 bits per heavy atom. The Morgan fingerprint density at radius 3 is 3.07 bits per heavy atom. The van der Waals surface area contributed by atoms with E-state index in [0.29, 0.717) is 13.1 Å². The van der Waals surface area contributed by atoms with E-state index in [9.17, 15) is 4.79 Å². The van der Waals surface area contributed by atoms with Crippen molar-refractivity contribution in [3.63, 3.8) is 0 Å². The molecule has 2 N–H and O–H groups in total. The molecule has 5 nitrogen and oxygen atoms in total. The van der Waals surface area contributed by atoms with E-state index < -0.39 is 0 Å². The molecule has 0 aliphatic heterocycles. The lowest BCUT2D eigenvalue weighted by molar-refractivity contribution is 0.211. The fourth-order valence-electron chi connectivity index (χ4n) is 1.00. The van der Waals surface area contributed by atoms with Gasteiger partial charge in [-0.3, -0.25) is 0 Å². The summed E-state index contributed by atoms with van der Waals surface area (Å²) < 4.78 is 0. The zero-order chi connectivity index (χ0) is 10.4. The highest BCUT2D eigenvalue weighted by Crippen LogP contribution is 1.89. The molecule has 0 aromatic carbocycles. The average molecular weight is 196 g/mol. The second-order valence-electron chi connectivity index (χ2n) is 3.03. The van der Waals surface area contributed by atoms with Crippen LogP contribution in [0.3, 0.4) is 0 Å². The normalized spacial score (nSPS) is 9.86. The second-order valence-corrected chi connectivity index (χ2v) is 3.03. The van der Waals surface area contributed by atoms with Gasteiger partial charge in [0, 0.05) is 39.0 Å². The van der Waals surface area contributed by atoms with Crippen molar-refractivity contribution in [3.8, 4) is 0 Å². The van der Waals surface area contributed by atoms with Crippen LogP contribution < -0.4 is 5.32 Å². The summed E-state index contributed by atoms with van der Waals surface area (Å²) >= 11 is 0. The Labute approximate surface area is 83.5 Å². The van der Waals surface area contributed by atoms with Gasteiger partial charge >= 0.3 is 6.03 Å². The molecule has 0 atom stereocenters. The van der Waals surface area contributed by atoms with E-state index in [4.69, 9.17) is 0 Å². The van der Waals surface area contributed by atoms with E-state index in [1.165, 1.54) is 0 Å². The van der Waals surface area contributed by atoms with Gasteiger partial charge in [-0.2, -0.15) is 0 Å². The lowest BCUT2D eigenvalue weighted by atomic mass is 10.4. The maximum Gasteiger partial charge on any atom is 0.317 e. The number of carbonyl (C=O) groups is 1. The number of amides is 2. The second kappa shape index (κ2) is 5.26. The van der Waals surface area contributed by atoms with Crippen molar-refractivity contribution in [1.29, 1.82) is 0 Å². The third-order valence-corrected chi connectivity index (χ3v) is 2.01. The summed E-state index contributed by atoms with van der Waals surface area (Å²) in [5.41, 5.74) is 0. The van der Waals surface area contributed by atoms with Crippen LogP contribution in [-0.4, -0.2) is 41.0 Å². The van der Waals surface area contributed by atoms with Crippen molar-refractivity contribution in [1.82, 2.24) is 20.2 Å². The molecule has 78 valence electrons. The van der Waals surface area contributed by atoms with Crippen LogP contribution in [0.4, 0.5) is 4.79 Å². The van der Waals surface area contributed by atoms with Crippen LogP contribution in [0.25, 0.3) is 0 Å². The van der Waals surface area contributed by atoms with Crippen LogP contribution in [0.1, 0.15) is 12.7 Å². The zero-order valence-corrected chi connectivity index (χ0v) is 8.58. The largest absolute Gasteiger partial charge is 0.349 e. The van der Waals surface area contributed by atoms with Crippen LogP contribution in [0.2, 0.25) is 0 Å². The number of nitrogens with zero attached hydrogens (tertiary/aromatic N) is 2. The molecule has 0 saturated carbocycles. The minimum absolute atomic E-state index is 0.0425. The maximum atomic E-state index is 11.3. The van der Waals surface area contributed by atoms with E-state index in [1.54, 1.807) is 24.3 Å². The molecule has 0 saturated heterocycles. The summed E-state index contributed by atoms with van der Waals surface area (Å²) in [5.74, 6) is 0.893. The summed E-state index contributed by atoms with van der Waals surface area (Å²) in [6.07, 6.45) is 4.21. The standard InChI is InChI=1S/C9H16N4O/c1-3-13(2)9(14)12-5-4-8-10-6-7-11-8/h6-7H,3-5H2,1-2H3,(H,10,11)(H,12,14). The molecule has 1 heterocycles. The number of rotatable bonds is 4. The summed E-state index contributed by atoms with van der Waals surface area (Å²) in [6, 6.07) is -0.0425. The number of nitrogens with one attached hydrogen (secondary N) is 2. The molecule has 1 rings (SSSR count). The van der Waals surface area contributed by atoms with Crippen molar-refractivity contribution < 1.29 is 4.79 Å². The van der Waals surface area contributed by atoms with Crippen molar-refractivity contribution in [3.05, 3.63) is 18.2 Å². The van der Waals surface area contributed by atoms with Gasteiger partial charge in [-0.25, -0.2) is 9.78 Å². The lowest BCUT2D eigenvalue weighted by Gasteiger charge is -2.14. The Balaban J connectivity index is 2.18. The Morgan fingerprint density at radius 1 is 1.71 bits per heavy atom. The number of hydrogen-bond donors (Lipinski definition) is 2. The summed E-state index contributed by atoms with van der Waals surface area (Å²) in [6.45, 7) is 3.26.